The molecule has 0 aromatic carbocycles. The van der Waals surface area contributed by atoms with Gasteiger partial charge in [0.2, 0.25) is 11.8 Å². The fourth-order valence-corrected chi connectivity index (χ4v) is 2.32. The lowest BCUT2D eigenvalue weighted by Gasteiger charge is -2.24. The van der Waals surface area contributed by atoms with Crippen molar-refractivity contribution in [2.24, 2.45) is 17.1 Å². The summed E-state index contributed by atoms with van der Waals surface area (Å²) < 4.78 is 0. The highest BCUT2D eigenvalue weighted by molar-refractivity contribution is 5.85. The molecule has 1 fully saturated rings. The molecule has 1 saturated heterocycles. The second-order valence-corrected chi connectivity index (χ2v) is 5.13. The van der Waals surface area contributed by atoms with Crippen LogP contribution in [0.15, 0.2) is 0 Å². The molecule has 1 rings (SSSR count). The summed E-state index contributed by atoms with van der Waals surface area (Å²) in [5.41, 5.74) is 5.02. The number of carbonyl (C=O) groups excluding carboxylic acids is 2. The molecule has 5 nitrogen and oxygen atoms in total. The molecule has 2 amide bonds. The first kappa shape index (κ1) is 14.0. The zero-order valence-electron chi connectivity index (χ0n) is 11.0. The van der Waals surface area contributed by atoms with Crippen molar-refractivity contribution in [2.75, 3.05) is 26.7 Å². The Morgan fingerprint density at radius 1 is 1.53 bits per heavy atom. The molecule has 0 saturated carbocycles. The second-order valence-electron chi connectivity index (χ2n) is 5.13. The number of carbonyl (C=O) groups is 2. The van der Waals surface area contributed by atoms with Crippen molar-refractivity contribution in [3.8, 4) is 0 Å². The molecule has 0 spiro atoms. The van der Waals surface area contributed by atoms with E-state index in [0.717, 1.165) is 6.42 Å². The number of hydrogen-bond acceptors (Lipinski definition) is 3. The van der Waals surface area contributed by atoms with E-state index in [9.17, 15) is 9.59 Å². The Labute approximate surface area is 103 Å². The topological polar surface area (TPSA) is 75.4 Å². The van der Waals surface area contributed by atoms with E-state index in [1.54, 1.807) is 11.9 Å². The van der Waals surface area contributed by atoms with Crippen LogP contribution in [0.5, 0.6) is 0 Å². The standard InChI is InChI=1S/C12H23N3O2/c1-9(4-6-13)10(16)15-7-5-12(2,8-15)11(17)14-3/h9H,4-8,13H2,1-3H3,(H,14,17). The fraction of sp³-hybridized carbons (Fsp3) is 0.833. The van der Waals surface area contributed by atoms with Crippen LogP contribution < -0.4 is 11.1 Å². The first-order chi connectivity index (χ1) is 7.94. The van der Waals surface area contributed by atoms with E-state index in [4.69, 9.17) is 5.73 Å². The van der Waals surface area contributed by atoms with Gasteiger partial charge < -0.3 is 16.0 Å². The summed E-state index contributed by atoms with van der Waals surface area (Å²) in [5, 5.41) is 2.66. The third-order valence-electron chi connectivity index (χ3n) is 3.58. The monoisotopic (exact) mass is 241 g/mol. The first-order valence-electron chi connectivity index (χ1n) is 6.15. The zero-order valence-corrected chi connectivity index (χ0v) is 11.0. The minimum absolute atomic E-state index is 0.0132. The van der Waals surface area contributed by atoms with Gasteiger partial charge in [-0.25, -0.2) is 0 Å². The predicted octanol–water partition coefficient (Wildman–Crippen LogP) is -0.0441. The molecule has 0 aromatic rings. The summed E-state index contributed by atoms with van der Waals surface area (Å²) in [6, 6.07) is 0. The van der Waals surface area contributed by atoms with Crippen molar-refractivity contribution in [3.63, 3.8) is 0 Å². The van der Waals surface area contributed by atoms with E-state index in [1.807, 2.05) is 13.8 Å². The maximum absolute atomic E-state index is 12.1. The fourth-order valence-electron chi connectivity index (χ4n) is 2.32. The van der Waals surface area contributed by atoms with Gasteiger partial charge in [0.1, 0.15) is 0 Å². The third kappa shape index (κ3) is 2.97. The molecular weight excluding hydrogens is 218 g/mol. The summed E-state index contributed by atoms with van der Waals surface area (Å²) in [4.78, 5) is 25.6. The summed E-state index contributed by atoms with van der Waals surface area (Å²) in [5.74, 6) is 0.0781. The van der Waals surface area contributed by atoms with E-state index in [0.29, 0.717) is 26.1 Å². The quantitative estimate of drug-likeness (QED) is 0.725. The summed E-state index contributed by atoms with van der Waals surface area (Å²) >= 11 is 0. The van der Waals surface area contributed by atoms with Gasteiger partial charge in [0.15, 0.2) is 0 Å². The van der Waals surface area contributed by atoms with Crippen molar-refractivity contribution in [2.45, 2.75) is 26.7 Å². The van der Waals surface area contributed by atoms with Crippen LogP contribution in [0.1, 0.15) is 26.7 Å². The van der Waals surface area contributed by atoms with Gasteiger partial charge >= 0.3 is 0 Å². The molecule has 2 unspecified atom stereocenters. The van der Waals surface area contributed by atoms with Crippen LogP contribution in [0.25, 0.3) is 0 Å². The van der Waals surface area contributed by atoms with Gasteiger partial charge in [-0.05, 0) is 26.3 Å². The molecule has 3 N–H and O–H groups in total. The van der Waals surface area contributed by atoms with Gasteiger partial charge in [-0.1, -0.05) is 6.92 Å². The van der Waals surface area contributed by atoms with E-state index in [2.05, 4.69) is 5.32 Å². The van der Waals surface area contributed by atoms with Crippen LogP contribution in [0, 0.1) is 11.3 Å². The van der Waals surface area contributed by atoms with Gasteiger partial charge in [0, 0.05) is 26.1 Å². The molecule has 98 valence electrons. The second kappa shape index (κ2) is 5.49. The molecule has 0 bridgehead atoms. The summed E-state index contributed by atoms with van der Waals surface area (Å²) in [6.07, 6.45) is 1.43. The maximum Gasteiger partial charge on any atom is 0.227 e. The van der Waals surface area contributed by atoms with Crippen LogP contribution in [0.2, 0.25) is 0 Å². The highest BCUT2D eigenvalue weighted by Gasteiger charge is 2.41. The van der Waals surface area contributed by atoms with Crippen molar-refractivity contribution >= 4 is 11.8 Å². The maximum atomic E-state index is 12.1. The SMILES string of the molecule is CNC(=O)C1(C)CCN(C(=O)C(C)CCN)C1. The van der Waals surface area contributed by atoms with Crippen LogP contribution >= 0.6 is 0 Å². The lowest BCUT2D eigenvalue weighted by Crippen LogP contribution is -2.41. The highest BCUT2D eigenvalue weighted by atomic mass is 16.2. The average molecular weight is 241 g/mol. The van der Waals surface area contributed by atoms with Crippen LogP contribution in [-0.4, -0.2) is 43.4 Å². The minimum Gasteiger partial charge on any atom is -0.359 e. The van der Waals surface area contributed by atoms with Gasteiger partial charge in [0.05, 0.1) is 5.41 Å². The van der Waals surface area contributed by atoms with E-state index < -0.39 is 5.41 Å². The Hall–Kier alpha value is -1.10. The Bertz CT molecular complexity index is 306. The van der Waals surface area contributed by atoms with Crippen LogP contribution in [-0.2, 0) is 9.59 Å². The molecule has 0 radical (unpaired) electrons. The van der Waals surface area contributed by atoms with Crippen molar-refractivity contribution in [1.82, 2.24) is 10.2 Å². The smallest absolute Gasteiger partial charge is 0.227 e. The predicted molar refractivity (Wildman–Crippen MR) is 66.2 cm³/mol. The minimum atomic E-state index is -0.438. The van der Waals surface area contributed by atoms with Crippen LogP contribution in [0.3, 0.4) is 0 Å². The van der Waals surface area contributed by atoms with Crippen LogP contribution in [0.4, 0.5) is 0 Å². The Balaban J connectivity index is 2.61. The van der Waals surface area contributed by atoms with Gasteiger partial charge in [-0.2, -0.15) is 0 Å². The van der Waals surface area contributed by atoms with Gasteiger partial charge in [0.25, 0.3) is 0 Å². The molecule has 1 heterocycles. The number of nitrogens with two attached hydrogens (primary N) is 1. The molecule has 0 aliphatic carbocycles. The lowest BCUT2D eigenvalue weighted by molar-refractivity contribution is -0.135. The number of rotatable bonds is 4. The number of amides is 2. The Morgan fingerprint density at radius 2 is 2.18 bits per heavy atom. The van der Waals surface area contributed by atoms with E-state index >= 15 is 0 Å². The highest BCUT2D eigenvalue weighted by Crippen LogP contribution is 2.31. The number of hydrogen-bond donors (Lipinski definition) is 2. The molecule has 17 heavy (non-hydrogen) atoms. The molecule has 5 heteroatoms. The van der Waals surface area contributed by atoms with Crippen molar-refractivity contribution in [1.29, 1.82) is 0 Å². The molecular formula is C12H23N3O2. The average Bonchev–Trinajstić information content (AvgIpc) is 2.71. The van der Waals surface area contributed by atoms with Gasteiger partial charge in [-0.3, -0.25) is 9.59 Å². The zero-order chi connectivity index (χ0) is 13.1. The largest absolute Gasteiger partial charge is 0.359 e. The number of likely N-dealkylation sites (tertiary alicyclic amines) is 1. The normalized spacial score (nSPS) is 25.8. The third-order valence-corrected chi connectivity index (χ3v) is 3.58. The lowest BCUT2D eigenvalue weighted by atomic mass is 9.89. The molecule has 1 aliphatic heterocycles. The van der Waals surface area contributed by atoms with Crippen molar-refractivity contribution in [3.05, 3.63) is 0 Å². The van der Waals surface area contributed by atoms with E-state index in [1.165, 1.54) is 0 Å². The number of nitrogens with one attached hydrogen (secondary N) is 1. The molecule has 1 aliphatic rings. The van der Waals surface area contributed by atoms with Gasteiger partial charge in [-0.15, -0.1) is 0 Å². The van der Waals surface area contributed by atoms with Crippen molar-refractivity contribution < 1.29 is 9.59 Å². The Morgan fingerprint density at radius 3 is 2.71 bits per heavy atom. The van der Waals surface area contributed by atoms with E-state index in [-0.39, 0.29) is 17.7 Å². The summed E-state index contributed by atoms with van der Waals surface area (Å²) in [6.45, 7) is 5.50. The molecule has 2 atom stereocenters. The number of nitrogens with zero attached hydrogens (tertiary/aromatic N) is 1. The first-order valence-corrected chi connectivity index (χ1v) is 6.15. The molecule has 0 aromatic heterocycles. The Kier molecular flexibility index (Phi) is 4.51. The summed E-state index contributed by atoms with van der Waals surface area (Å²) in [7, 11) is 1.63.